The monoisotopic (exact) mass is 437 g/mol. The van der Waals surface area contributed by atoms with Gasteiger partial charge in [-0.25, -0.2) is 9.97 Å². The van der Waals surface area contributed by atoms with Crippen LogP contribution in [0.1, 0.15) is 24.0 Å². The zero-order valence-corrected chi connectivity index (χ0v) is 18.7. The van der Waals surface area contributed by atoms with E-state index in [1.54, 1.807) is 37.4 Å². The lowest BCUT2D eigenvalue weighted by atomic mass is 10.1. The van der Waals surface area contributed by atoms with E-state index in [0.29, 0.717) is 28.2 Å². The van der Waals surface area contributed by atoms with Gasteiger partial charge in [-0.2, -0.15) is 0 Å². The molecular weight excluding hydrogens is 414 g/mol. The summed E-state index contributed by atoms with van der Waals surface area (Å²) in [5.41, 5.74) is 4.20. The van der Waals surface area contributed by atoms with Gasteiger partial charge in [-0.3, -0.25) is 9.69 Å². The van der Waals surface area contributed by atoms with Crippen molar-refractivity contribution in [3.8, 4) is 22.9 Å². The first kappa shape index (κ1) is 21.1. The third-order valence-electron chi connectivity index (χ3n) is 5.35. The van der Waals surface area contributed by atoms with Crippen molar-refractivity contribution in [2.24, 2.45) is 5.92 Å². The SMILES string of the molecule is COc1ccc(N(C(=O)C2CC2)c2ccc(C)c(-c3cnc(OC)c(C)c3)n2)cc1Cl. The summed E-state index contributed by atoms with van der Waals surface area (Å²) in [6, 6.07) is 11.1. The molecule has 1 aliphatic rings. The van der Waals surface area contributed by atoms with Gasteiger partial charge in [0.15, 0.2) is 0 Å². The molecule has 0 spiro atoms. The lowest BCUT2D eigenvalue weighted by Gasteiger charge is -2.24. The highest BCUT2D eigenvalue weighted by molar-refractivity contribution is 6.32. The molecule has 0 N–H and O–H groups in total. The van der Waals surface area contributed by atoms with Crippen LogP contribution in [0.3, 0.4) is 0 Å². The van der Waals surface area contributed by atoms with Gasteiger partial charge >= 0.3 is 0 Å². The lowest BCUT2D eigenvalue weighted by Crippen LogP contribution is -2.28. The third kappa shape index (κ3) is 4.21. The van der Waals surface area contributed by atoms with Crippen LogP contribution >= 0.6 is 11.6 Å². The minimum atomic E-state index is 0.0114. The Balaban J connectivity index is 1.81. The highest BCUT2D eigenvalue weighted by Crippen LogP contribution is 2.39. The number of aromatic nitrogens is 2. The largest absolute Gasteiger partial charge is 0.495 e. The number of methoxy groups -OCH3 is 2. The van der Waals surface area contributed by atoms with Crippen molar-refractivity contribution in [1.82, 2.24) is 9.97 Å². The van der Waals surface area contributed by atoms with Gasteiger partial charge in [0, 0.05) is 23.2 Å². The molecule has 0 saturated heterocycles. The van der Waals surface area contributed by atoms with Crippen LogP contribution in [0.5, 0.6) is 11.6 Å². The Bertz CT molecular complexity index is 1140. The van der Waals surface area contributed by atoms with Crippen LogP contribution in [0.25, 0.3) is 11.3 Å². The fourth-order valence-electron chi connectivity index (χ4n) is 3.52. The summed E-state index contributed by atoms with van der Waals surface area (Å²) in [5, 5.41) is 0.441. The molecule has 160 valence electrons. The molecule has 0 radical (unpaired) electrons. The molecule has 2 aromatic heterocycles. The maximum atomic E-state index is 13.2. The number of hydrogen-bond donors (Lipinski definition) is 0. The molecule has 0 bridgehead atoms. The standard InChI is InChI=1S/C24H24ClN3O3/c1-14-5-10-21(27-22(14)17-11-15(2)23(31-4)26-13-17)28(24(29)16-6-7-16)18-8-9-20(30-3)19(25)12-18/h5,8-13,16H,6-7H2,1-4H3. The normalized spacial score (nSPS) is 13.1. The van der Waals surface area contributed by atoms with E-state index in [9.17, 15) is 4.79 Å². The first-order valence-corrected chi connectivity index (χ1v) is 10.5. The van der Waals surface area contributed by atoms with E-state index < -0.39 is 0 Å². The molecule has 4 rings (SSSR count). The molecule has 1 amide bonds. The summed E-state index contributed by atoms with van der Waals surface area (Å²) in [7, 11) is 3.16. The summed E-state index contributed by atoms with van der Waals surface area (Å²) >= 11 is 6.36. The van der Waals surface area contributed by atoms with E-state index in [1.165, 1.54) is 0 Å². The smallest absolute Gasteiger partial charge is 0.235 e. The van der Waals surface area contributed by atoms with Gasteiger partial charge in [-0.15, -0.1) is 0 Å². The number of carbonyl (C=O) groups excluding carboxylic acids is 1. The zero-order chi connectivity index (χ0) is 22.1. The van der Waals surface area contributed by atoms with Crippen LogP contribution in [0.4, 0.5) is 11.5 Å². The summed E-state index contributed by atoms with van der Waals surface area (Å²) in [4.78, 5) is 24.1. The van der Waals surface area contributed by atoms with Crippen molar-refractivity contribution in [2.45, 2.75) is 26.7 Å². The number of ether oxygens (including phenoxy) is 2. The number of carbonyl (C=O) groups is 1. The van der Waals surface area contributed by atoms with Gasteiger partial charge in [-0.05, 0) is 62.6 Å². The second kappa shape index (κ2) is 8.55. The molecule has 0 atom stereocenters. The number of hydrogen-bond acceptors (Lipinski definition) is 5. The Kier molecular flexibility index (Phi) is 5.83. The zero-order valence-electron chi connectivity index (χ0n) is 18.0. The van der Waals surface area contributed by atoms with Crippen LogP contribution in [0.15, 0.2) is 42.6 Å². The number of nitrogens with zero attached hydrogens (tertiary/aromatic N) is 3. The van der Waals surface area contributed by atoms with Crippen molar-refractivity contribution in [1.29, 1.82) is 0 Å². The first-order valence-electron chi connectivity index (χ1n) is 10.1. The topological polar surface area (TPSA) is 64.5 Å². The van der Waals surface area contributed by atoms with Crippen molar-refractivity contribution < 1.29 is 14.3 Å². The van der Waals surface area contributed by atoms with E-state index in [2.05, 4.69) is 4.98 Å². The van der Waals surface area contributed by atoms with Gasteiger partial charge in [0.1, 0.15) is 11.6 Å². The van der Waals surface area contributed by atoms with E-state index in [1.807, 2.05) is 38.1 Å². The number of aryl methyl sites for hydroxylation is 2. The Hall–Kier alpha value is -3.12. The number of pyridine rings is 2. The number of amides is 1. The van der Waals surface area contributed by atoms with E-state index in [0.717, 1.165) is 35.2 Å². The van der Waals surface area contributed by atoms with Crippen LogP contribution in [-0.2, 0) is 4.79 Å². The molecule has 1 saturated carbocycles. The van der Waals surface area contributed by atoms with Crippen LogP contribution in [0.2, 0.25) is 5.02 Å². The van der Waals surface area contributed by atoms with E-state index >= 15 is 0 Å². The summed E-state index contributed by atoms with van der Waals surface area (Å²) in [6.45, 7) is 3.93. The fraction of sp³-hybridized carbons (Fsp3) is 0.292. The molecule has 1 fully saturated rings. The van der Waals surface area contributed by atoms with Gasteiger partial charge < -0.3 is 9.47 Å². The summed E-state index contributed by atoms with van der Waals surface area (Å²) < 4.78 is 10.5. The molecule has 0 aliphatic heterocycles. The third-order valence-corrected chi connectivity index (χ3v) is 5.64. The van der Waals surface area contributed by atoms with Gasteiger partial charge in [-0.1, -0.05) is 17.7 Å². The molecule has 2 heterocycles. The van der Waals surface area contributed by atoms with Crippen LogP contribution in [0, 0.1) is 19.8 Å². The van der Waals surface area contributed by atoms with Gasteiger partial charge in [0.25, 0.3) is 0 Å². The Morgan fingerprint density at radius 2 is 1.84 bits per heavy atom. The molecule has 6 nitrogen and oxygen atoms in total. The average molecular weight is 438 g/mol. The molecular formula is C24H24ClN3O3. The molecule has 0 unspecified atom stereocenters. The Labute approximate surface area is 186 Å². The van der Waals surface area contributed by atoms with Gasteiger partial charge in [0.2, 0.25) is 11.8 Å². The Morgan fingerprint density at radius 1 is 1.06 bits per heavy atom. The predicted molar refractivity (Wildman–Crippen MR) is 121 cm³/mol. The lowest BCUT2D eigenvalue weighted by molar-refractivity contribution is -0.119. The fourth-order valence-corrected chi connectivity index (χ4v) is 3.77. The van der Waals surface area contributed by atoms with Gasteiger partial charge in [0.05, 0.1) is 30.6 Å². The molecule has 1 aliphatic carbocycles. The summed E-state index contributed by atoms with van der Waals surface area (Å²) in [5.74, 6) is 1.72. The second-order valence-electron chi connectivity index (χ2n) is 7.65. The molecule has 1 aromatic carbocycles. The maximum absolute atomic E-state index is 13.2. The molecule has 7 heteroatoms. The molecule has 31 heavy (non-hydrogen) atoms. The van der Waals surface area contributed by atoms with Crippen LogP contribution < -0.4 is 14.4 Å². The summed E-state index contributed by atoms with van der Waals surface area (Å²) in [6.07, 6.45) is 3.52. The Morgan fingerprint density at radius 3 is 2.45 bits per heavy atom. The number of benzene rings is 1. The maximum Gasteiger partial charge on any atom is 0.235 e. The van der Waals surface area contributed by atoms with E-state index in [4.69, 9.17) is 26.1 Å². The van der Waals surface area contributed by atoms with Crippen LogP contribution in [-0.4, -0.2) is 30.1 Å². The molecule has 3 aromatic rings. The van der Waals surface area contributed by atoms with Crippen molar-refractivity contribution in [3.63, 3.8) is 0 Å². The number of rotatable bonds is 6. The van der Waals surface area contributed by atoms with E-state index in [-0.39, 0.29) is 11.8 Å². The average Bonchev–Trinajstić information content (AvgIpc) is 3.60. The number of anilines is 2. The van der Waals surface area contributed by atoms with Crippen molar-refractivity contribution in [3.05, 3.63) is 58.7 Å². The minimum Gasteiger partial charge on any atom is -0.495 e. The highest BCUT2D eigenvalue weighted by Gasteiger charge is 2.35. The minimum absolute atomic E-state index is 0.0114. The first-order chi connectivity index (χ1) is 14.9. The highest BCUT2D eigenvalue weighted by atomic mass is 35.5. The number of halogens is 1. The van der Waals surface area contributed by atoms with Crippen molar-refractivity contribution in [2.75, 3.05) is 19.1 Å². The quantitative estimate of drug-likeness (QED) is 0.509. The predicted octanol–water partition coefficient (Wildman–Crippen LogP) is 5.51. The second-order valence-corrected chi connectivity index (χ2v) is 8.06. The van der Waals surface area contributed by atoms with Crippen molar-refractivity contribution >= 4 is 29.0 Å².